The highest BCUT2D eigenvalue weighted by Crippen LogP contribution is 2.47. The molecule has 3 heterocycles. The molecule has 0 aliphatic carbocycles. The van der Waals surface area contributed by atoms with E-state index in [0.29, 0.717) is 18.7 Å². The highest BCUT2D eigenvalue weighted by molar-refractivity contribution is 8.01. The summed E-state index contributed by atoms with van der Waals surface area (Å²) in [5.74, 6) is 0.735. The zero-order valence-electron chi connectivity index (χ0n) is 16.9. The lowest BCUT2D eigenvalue weighted by Crippen LogP contribution is -2.50. The van der Waals surface area contributed by atoms with E-state index < -0.39 is 0 Å². The Morgan fingerprint density at radius 2 is 2.00 bits per heavy atom. The van der Waals surface area contributed by atoms with Gasteiger partial charge in [-0.05, 0) is 30.5 Å². The molecule has 2 amide bonds. The number of nitrogens with zero attached hydrogens (tertiary/aromatic N) is 1. The van der Waals surface area contributed by atoms with Crippen molar-refractivity contribution in [2.75, 3.05) is 12.3 Å². The number of para-hydroxylation sites is 1. The molecule has 0 bridgehead atoms. The lowest BCUT2D eigenvalue weighted by molar-refractivity contribution is -0.137. The van der Waals surface area contributed by atoms with E-state index in [-0.39, 0.29) is 28.6 Å². The zero-order valence-corrected chi connectivity index (χ0v) is 17.7. The molecule has 2 fully saturated rings. The van der Waals surface area contributed by atoms with Crippen LogP contribution in [-0.4, -0.2) is 44.9 Å². The van der Waals surface area contributed by atoms with Crippen LogP contribution in [0.25, 0.3) is 10.9 Å². The fourth-order valence-corrected chi connectivity index (χ4v) is 6.24. The number of rotatable bonds is 5. The van der Waals surface area contributed by atoms with Gasteiger partial charge in [0.1, 0.15) is 6.04 Å². The molecule has 2 N–H and O–H groups in total. The van der Waals surface area contributed by atoms with Crippen molar-refractivity contribution in [1.29, 1.82) is 0 Å². The Morgan fingerprint density at radius 1 is 1.23 bits per heavy atom. The van der Waals surface area contributed by atoms with Crippen molar-refractivity contribution in [3.8, 4) is 0 Å². The highest BCUT2D eigenvalue weighted by Gasteiger charge is 2.52. The topological polar surface area (TPSA) is 65.2 Å². The third-order valence-electron chi connectivity index (χ3n) is 6.43. The lowest BCUT2D eigenvalue weighted by Gasteiger charge is -2.30. The largest absolute Gasteiger partial charge is 0.361 e. The molecule has 2 aromatic carbocycles. The van der Waals surface area contributed by atoms with Crippen molar-refractivity contribution in [2.45, 2.75) is 36.6 Å². The summed E-state index contributed by atoms with van der Waals surface area (Å²) < 4.78 is 0. The van der Waals surface area contributed by atoms with Crippen LogP contribution in [-0.2, 0) is 9.59 Å². The first-order valence-corrected chi connectivity index (χ1v) is 11.4. The molecule has 5 nitrogen and oxygen atoms in total. The van der Waals surface area contributed by atoms with E-state index in [1.165, 1.54) is 10.9 Å². The Labute approximate surface area is 180 Å². The number of hydrogen-bond acceptors (Lipinski definition) is 3. The van der Waals surface area contributed by atoms with E-state index in [9.17, 15) is 9.59 Å². The van der Waals surface area contributed by atoms with E-state index >= 15 is 0 Å². The summed E-state index contributed by atoms with van der Waals surface area (Å²) in [6.45, 7) is 2.57. The number of carbonyl (C=O) groups is 2. The average molecular weight is 420 g/mol. The molecular formula is C24H25N3O2S. The summed E-state index contributed by atoms with van der Waals surface area (Å²) in [6.07, 6.45) is 3.40. The number of benzene rings is 2. The van der Waals surface area contributed by atoms with Crippen molar-refractivity contribution >= 4 is 34.5 Å². The van der Waals surface area contributed by atoms with Crippen LogP contribution in [0.3, 0.4) is 0 Å². The molecule has 2 saturated heterocycles. The second kappa shape index (κ2) is 7.51. The van der Waals surface area contributed by atoms with E-state index in [0.717, 1.165) is 17.5 Å². The van der Waals surface area contributed by atoms with Gasteiger partial charge in [-0.1, -0.05) is 48.5 Å². The molecule has 30 heavy (non-hydrogen) atoms. The molecule has 0 spiro atoms. The summed E-state index contributed by atoms with van der Waals surface area (Å²) in [4.78, 5) is 30.5. The van der Waals surface area contributed by atoms with Crippen LogP contribution in [0.4, 0.5) is 0 Å². The molecule has 3 atom stereocenters. The standard InChI is InChI=1S/C24H25N3O2S/c1-24-12-11-22(28)27(24)21(15-30-24)23(29)26-13-18(16-7-3-2-4-8-16)19-14-25-20-10-6-5-9-17(19)20/h2-10,14,18,21,25H,11-13,15H2,1H3,(H,26,29)/t18-,21+,24-/m0/s1. The van der Waals surface area contributed by atoms with E-state index in [1.54, 1.807) is 11.8 Å². The SMILES string of the molecule is C[C@]12CCC(=O)N1[C@@H](C(=O)NC[C@@H](c1ccccc1)c1c[nH]c3ccccc13)CS2. The van der Waals surface area contributed by atoms with Crippen LogP contribution >= 0.6 is 11.8 Å². The van der Waals surface area contributed by atoms with Gasteiger partial charge >= 0.3 is 0 Å². The molecule has 6 heteroatoms. The van der Waals surface area contributed by atoms with Gasteiger partial charge in [-0.2, -0.15) is 0 Å². The highest BCUT2D eigenvalue weighted by atomic mass is 32.2. The number of amides is 2. The molecule has 2 aliphatic heterocycles. The third-order valence-corrected chi connectivity index (χ3v) is 7.93. The predicted molar refractivity (Wildman–Crippen MR) is 120 cm³/mol. The molecule has 0 saturated carbocycles. The summed E-state index contributed by atoms with van der Waals surface area (Å²) >= 11 is 1.72. The third kappa shape index (κ3) is 3.19. The second-order valence-corrected chi connectivity index (χ2v) is 9.77. The maximum Gasteiger partial charge on any atom is 0.243 e. The Kier molecular flexibility index (Phi) is 4.82. The van der Waals surface area contributed by atoms with Crippen molar-refractivity contribution in [2.24, 2.45) is 0 Å². The maximum absolute atomic E-state index is 13.1. The van der Waals surface area contributed by atoms with Crippen molar-refractivity contribution in [1.82, 2.24) is 15.2 Å². The van der Waals surface area contributed by atoms with Crippen LogP contribution in [0.2, 0.25) is 0 Å². The smallest absolute Gasteiger partial charge is 0.243 e. The number of aromatic amines is 1. The Morgan fingerprint density at radius 3 is 2.83 bits per heavy atom. The number of hydrogen-bond donors (Lipinski definition) is 2. The van der Waals surface area contributed by atoms with Crippen LogP contribution in [0.5, 0.6) is 0 Å². The Balaban J connectivity index is 1.40. The predicted octanol–water partition coefficient (Wildman–Crippen LogP) is 3.87. The van der Waals surface area contributed by atoms with Crippen molar-refractivity contribution < 1.29 is 9.59 Å². The van der Waals surface area contributed by atoms with Gasteiger partial charge in [0.25, 0.3) is 0 Å². The summed E-state index contributed by atoms with van der Waals surface area (Å²) in [7, 11) is 0. The van der Waals surface area contributed by atoms with Gasteiger partial charge in [0.2, 0.25) is 11.8 Å². The molecular weight excluding hydrogens is 394 g/mol. The fourth-order valence-electron chi connectivity index (χ4n) is 4.81. The van der Waals surface area contributed by atoms with Gasteiger partial charge in [-0.25, -0.2) is 0 Å². The van der Waals surface area contributed by atoms with Crippen LogP contribution in [0.15, 0.2) is 60.8 Å². The number of aromatic nitrogens is 1. The minimum absolute atomic E-state index is 0.0287. The van der Waals surface area contributed by atoms with Crippen LogP contribution < -0.4 is 5.32 Å². The normalized spacial score (nSPS) is 24.2. The minimum Gasteiger partial charge on any atom is -0.361 e. The molecule has 154 valence electrons. The lowest BCUT2D eigenvalue weighted by atomic mass is 9.91. The van der Waals surface area contributed by atoms with Gasteiger partial charge in [-0.15, -0.1) is 11.8 Å². The number of H-pyrrole nitrogens is 1. The molecule has 0 radical (unpaired) electrons. The van der Waals surface area contributed by atoms with Gasteiger partial charge in [0.05, 0.1) is 4.87 Å². The number of carbonyl (C=O) groups excluding carboxylic acids is 2. The maximum atomic E-state index is 13.1. The van der Waals surface area contributed by atoms with Gasteiger partial charge < -0.3 is 15.2 Å². The number of thioether (sulfide) groups is 1. The average Bonchev–Trinajstić information content (AvgIpc) is 3.42. The second-order valence-electron chi connectivity index (χ2n) is 8.26. The molecule has 3 aromatic rings. The molecule has 5 rings (SSSR count). The van der Waals surface area contributed by atoms with Gasteiger partial charge in [0, 0.05) is 41.7 Å². The minimum atomic E-state index is -0.380. The zero-order chi connectivity index (χ0) is 20.7. The summed E-state index contributed by atoms with van der Waals surface area (Å²) in [6, 6.07) is 18.1. The van der Waals surface area contributed by atoms with Crippen LogP contribution in [0.1, 0.15) is 36.8 Å². The summed E-state index contributed by atoms with van der Waals surface area (Å²) in [5, 5.41) is 4.33. The Bertz CT molecular complexity index is 1100. The molecule has 0 unspecified atom stereocenters. The number of nitrogens with one attached hydrogen (secondary N) is 2. The van der Waals surface area contributed by atoms with Gasteiger partial charge in [0.15, 0.2) is 0 Å². The Hall–Kier alpha value is -2.73. The summed E-state index contributed by atoms with van der Waals surface area (Å²) in [5.41, 5.74) is 3.41. The van der Waals surface area contributed by atoms with Crippen LogP contribution in [0, 0.1) is 0 Å². The molecule has 2 aliphatic rings. The van der Waals surface area contributed by atoms with Crippen molar-refractivity contribution in [3.05, 3.63) is 71.9 Å². The van der Waals surface area contributed by atoms with Gasteiger partial charge in [-0.3, -0.25) is 9.59 Å². The first kappa shape index (κ1) is 19.2. The molecule has 1 aromatic heterocycles. The monoisotopic (exact) mass is 419 g/mol. The van der Waals surface area contributed by atoms with E-state index in [2.05, 4.69) is 41.5 Å². The quantitative estimate of drug-likeness (QED) is 0.660. The first-order chi connectivity index (χ1) is 14.6. The van der Waals surface area contributed by atoms with E-state index in [1.807, 2.05) is 41.4 Å². The first-order valence-electron chi connectivity index (χ1n) is 10.4. The van der Waals surface area contributed by atoms with E-state index in [4.69, 9.17) is 0 Å². The number of fused-ring (bicyclic) bond motifs is 2. The fraction of sp³-hybridized carbons (Fsp3) is 0.333. The van der Waals surface area contributed by atoms with Crippen molar-refractivity contribution in [3.63, 3.8) is 0 Å².